The number of ether oxygens (including phenoxy) is 1. The van der Waals surface area contributed by atoms with Gasteiger partial charge < -0.3 is 14.7 Å². The molecule has 1 saturated carbocycles. The number of benzene rings is 1. The zero-order chi connectivity index (χ0) is 14.1. The largest absolute Gasteiger partial charge is 0.497 e. The van der Waals surface area contributed by atoms with E-state index in [1.54, 1.807) is 7.11 Å². The van der Waals surface area contributed by atoms with E-state index in [1.165, 1.54) is 0 Å². The minimum absolute atomic E-state index is 0.131. The number of carbonyl (C=O) groups excluding carboxylic acids is 1. The van der Waals surface area contributed by atoms with Gasteiger partial charge in [-0.15, -0.1) is 0 Å². The van der Waals surface area contributed by atoms with Gasteiger partial charge in [0, 0.05) is 24.8 Å². The van der Waals surface area contributed by atoms with Crippen molar-refractivity contribution in [2.45, 2.75) is 38.3 Å². The fourth-order valence-electron chi connectivity index (χ4n) is 3.36. The maximum Gasteiger partial charge on any atom is 0.254 e. The van der Waals surface area contributed by atoms with Crippen LogP contribution in [0, 0.1) is 5.92 Å². The van der Waals surface area contributed by atoms with Crippen LogP contribution in [0.25, 0.3) is 0 Å². The van der Waals surface area contributed by atoms with Crippen LogP contribution in [0.5, 0.6) is 5.75 Å². The number of nitrogens with zero attached hydrogens (tertiary/aromatic N) is 1. The molecular weight excluding hydrogens is 254 g/mol. The van der Waals surface area contributed by atoms with Crippen molar-refractivity contribution in [2.75, 3.05) is 13.7 Å². The first-order valence-electron chi connectivity index (χ1n) is 7.31. The molecular formula is C16H21NO3. The second-order valence-electron chi connectivity index (χ2n) is 5.81. The highest BCUT2D eigenvalue weighted by Crippen LogP contribution is 2.34. The topological polar surface area (TPSA) is 49.8 Å². The lowest BCUT2D eigenvalue weighted by molar-refractivity contribution is 0.0609. The highest BCUT2D eigenvalue weighted by molar-refractivity contribution is 5.99. The monoisotopic (exact) mass is 275 g/mol. The summed E-state index contributed by atoms with van der Waals surface area (Å²) in [7, 11) is 1.62. The van der Waals surface area contributed by atoms with Crippen molar-refractivity contribution in [3.05, 3.63) is 29.3 Å². The van der Waals surface area contributed by atoms with Crippen molar-refractivity contribution in [1.82, 2.24) is 4.90 Å². The first kappa shape index (κ1) is 13.4. The normalized spacial score (nSPS) is 25.7. The molecule has 4 heteroatoms. The van der Waals surface area contributed by atoms with Gasteiger partial charge in [-0.25, -0.2) is 0 Å². The van der Waals surface area contributed by atoms with Crippen molar-refractivity contribution in [1.29, 1.82) is 0 Å². The Bertz CT molecular complexity index is 506. The van der Waals surface area contributed by atoms with Crippen LogP contribution in [0.4, 0.5) is 0 Å². The second kappa shape index (κ2) is 5.44. The molecule has 1 aliphatic heterocycles. The molecule has 1 aliphatic carbocycles. The number of aliphatic hydroxyl groups is 1. The van der Waals surface area contributed by atoms with Crippen molar-refractivity contribution in [2.24, 2.45) is 5.92 Å². The number of hydrogen-bond acceptors (Lipinski definition) is 3. The molecule has 1 fully saturated rings. The fourth-order valence-corrected chi connectivity index (χ4v) is 3.36. The molecule has 0 unspecified atom stereocenters. The van der Waals surface area contributed by atoms with Crippen LogP contribution in [0.3, 0.4) is 0 Å². The summed E-state index contributed by atoms with van der Waals surface area (Å²) in [6.07, 6.45) is 4.04. The Hall–Kier alpha value is -1.55. The van der Waals surface area contributed by atoms with E-state index >= 15 is 0 Å². The summed E-state index contributed by atoms with van der Waals surface area (Å²) in [5.74, 6) is 1.29. The van der Waals surface area contributed by atoms with Crippen LogP contribution in [-0.4, -0.2) is 35.7 Å². The lowest BCUT2D eigenvalue weighted by Gasteiger charge is -2.34. The molecule has 1 N–H and O–H groups in total. The molecule has 0 aromatic heterocycles. The van der Waals surface area contributed by atoms with Crippen molar-refractivity contribution in [3.8, 4) is 5.75 Å². The predicted octanol–water partition coefficient (Wildman–Crippen LogP) is 2.20. The molecule has 0 bridgehead atoms. The molecule has 1 heterocycles. The van der Waals surface area contributed by atoms with Gasteiger partial charge in [0.25, 0.3) is 5.91 Å². The third-order valence-electron chi connectivity index (χ3n) is 4.66. The molecule has 4 nitrogen and oxygen atoms in total. The Morgan fingerprint density at radius 3 is 2.70 bits per heavy atom. The van der Waals surface area contributed by atoms with Gasteiger partial charge in [0.05, 0.1) is 7.11 Å². The van der Waals surface area contributed by atoms with Crippen LogP contribution >= 0.6 is 0 Å². The minimum Gasteiger partial charge on any atom is -0.497 e. The van der Waals surface area contributed by atoms with E-state index in [9.17, 15) is 9.90 Å². The Kier molecular flexibility index (Phi) is 3.66. The first-order valence-corrected chi connectivity index (χ1v) is 7.31. The third kappa shape index (κ3) is 2.29. The summed E-state index contributed by atoms with van der Waals surface area (Å²) in [5.41, 5.74) is 1.88. The van der Waals surface area contributed by atoms with Gasteiger partial charge in [-0.2, -0.15) is 0 Å². The summed E-state index contributed by atoms with van der Waals surface area (Å²) < 4.78 is 5.20. The number of rotatable bonds is 3. The van der Waals surface area contributed by atoms with Gasteiger partial charge in [0.2, 0.25) is 0 Å². The standard InChI is InChI=1S/C16H21NO3/c1-20-14-7-4-12-9-17(16(19)15(12)8-14)13-5-2-11(10-18)3-6-13/h4,7-8,11,13,18H,2-3,5-6,9-10H2,1H3/t11-,13-. The van der Waals surface area contributed by atoms with Crippen molar-refractivity contribution >= 4 is 5.91 Å². The predicted molar refractivity (Wildman–Crippen MR) is 75.7 cm³/mol. The van der Waals surface area contributed by atoms with E-state index in [2.05, 4.69) is 0 Å². The number of aliphatic hydroxyl groups excluding tert-OH is 1. The van der Waals surface area contributed by atoms with Gasteiger partial charge in [-0.05, 0) is 49.3 Å². The molecule has 0 atom stereocenters. The summed E-state index contributed by atoms with van der Waals surface area (Å²) in [5, 5.41) is 9.20. The number of methoxy groups -OCH3 is 1. The minimum atomic E-state index is 0.131. The van der Waals surface area contributed by atoms with Crippen LogP contribution in [0.2, 0.25) is 0 Å². The van der Waals surface area contributed by atoms with Crippen LogP contribution in [0.15, 0.2) is 18.2 Å². The number of fused-ring (bicyclic) bond motifs is 1. The number of carbonyl (C=O) groups is 1. The third-order valence-corrected chi connectivity index (χ3v) is 4.66. The summed E-state index contributed by atoms with van der Waals surface area (Å²) in [6, 6.07) is 6.07. The van der Waals surface area contributed by atoms with E-state index in [-0.39, 0.29) is 12.5 Å². The lowest BCUT2D eigenvalue weighted by Crippen LogP contribution is -2.38. The summed E-state index contributed by atoms with van der Waals surface area (Å²) >= 11 is 0. The second-order valence-corrected chi connectivity index (χ2v) is 5.81. The smallest absolute Gasteiger partial charge is 0.254 e. The zero-order valence-corrected chi connectivity index (χ0v) is 11.8. The Labute approximate surface area is 119 Å². The Morgan fingerprint density at radius 2 is 2.05 bits per heavy atom. The Balaban J connectivity index is 1.74. The van der Waals surface area contributed by atoms with Crippen LogP contribution in [0.1, 0.15) is 41.6 Å². The molecule has 2 aliphatic rings. The van der Waals surface area contributed by atoms with E-state index in [1.807, 2.05) is 23.1 Å². The van der Waals surface area contributed by atoms with Crippen molar-refractivity contribution < 1.29 is 14.6 Å². The van der Waals surface area contributed by atoms with Gasteiger partial charge >= 0.3 is 0 Å². The van der Waals surface area contributed by atoms with E-state index in [0.717, 1.165) is 42.6 Å². The molecule has 20 heavy (non-hydrogen) atoms. The molecule has 1 aromatic carbocycles. The Morgan fingerprint density at radius 1 is 1.30 bits per heavy atom. The molecule has 0 saturated heterocycles. The maximum atomic E-state index is 12.5. The number of amides is 1. The molecule has 0 spiro atoms. The lowest BCUT2D eigenvalue weighted by atomic mass is 9.86. The van der Waals surface area contributed by atoms with Crippen LogP contribution in [-0.2, 0) is 6.54 Å². The fraction of sp³-hybridized carbons (Fsp3) is 0.562. The maximum absolute atomic E-state index is 12.5. The molecule has 3 rings (SSSR count). The molecule has 0 radical (unpaired) electrons. The van der Waals surface area contributed by atoms with Crippen LogP contribution < -0.4 is 4.74 Å². The van der Waals surface area contributed by atoms with E-state index < -0.39 is 0 Å². The quantitative estimate of drug-likeness (QED) is 0.920. The zero-order valence-electron chi connectivity index (χ0n) is 11.8. The van der Waals surface area contributed by atoms with Crippen molar-refractivity contribution in [3.63, 3.8) is 0 Å². The summed E-state index contributed by atoms with van der Waals surface area (Å²) in [6.45, 7) is 0.991. The average Bonchev–Trinajstić information content (AvgIpc) is 2.84. The highest BCUT2D eigenvalue weighted by atomic mass is 16.5. The summed E-state index contributed by atoms with van der Waals surface area (Å²) in [4.78, 5) is 14.5. The molecule has 1 aromatic rings. The van der Waals surface area contributed by atoms with E-state index in [0.29, 0.717) is 18.5 Å². The SMILES string of the molecule is COc1ccc2c(c1)C(=O)N([C@H]1CC[C@H](CO)CC1)C2. The van der Waals surface area contributed by atoms with Gasteiger partial charge in [-0.3, -0.25) is 4.79 Å². The van der Waals surface area contributed by atoms with Gasteiger partial charge in [0.1, 0.15) is 5.75 Å². The number of hydrogen-bond donors (Lipinski definition) is 1. The molecule has 108 valence electrons. The van der Waals surface area contributed by atoms with E-state index in [4.69, 9.17) is 4.74 Å². The van der Waals surface area contributed by atoms with Gasteiger partial charge in [-0.1, -0.05) is 6.07 Å². The highest BCUT2D eigenvalue weighted by Gasteiger charge is 2.34. The first-order chi connectivity index (χ1) is 9.72. The average molecular weight is 275 g/mol. The molecule has 1 amide bonds. The van der Waals surface area contributed by atoms with Gasteiger partial charge in [0.15, 0.2) is 0 Å².